The highest BCUT2D eigenvalue weighted by Gasteiger charge is 2.26. The van der Waals surface area contributed by atoms with Crippen LogP contribution in [0.25, 0.3) is 0 Å². The van der Waals surface area contributed by atoms with Crippen LogP contribution in [0.4, 0.5) is 0 Å². The maximum absolute atomic E-state index is 6.06. The molecule has 0 amide bonds. The summed E-state index contributed by atoms with van der Waals surface area (Å²) in [6.07, 6.45) is 6.32. The van der Waals surface area contributed by atoms with Gasteiger partial charge in [0.25, 0.3) is 0 Å². The Morgan fingerprint density at radius 2 is 2.07 bits per heavy atom. The molecular formula is C13H27NO. The highest BCUT2D eigenvalue weighted by Crippen LogP contribution is 2.25. The van der Waals surface area contributed by atoms with E-state index in [0.717, 1.165) is 31.3 Å². The van der Waals surface area contributed by atoms with Crippen LogP contribution in [0.1, 0.15) is 52.9 Å². The molecule has 1 fully saturated rings. The number of nitrogens with two attached hydrogens (primary N) is 1. The van der Waals surface area contributed by atoms with Crippen LogP contribution in [0, 0.1) is 11.8 Å². The summed E-state index contributed by atoms with van der Waals surface area (Å²) < 4.78 is 5.89. The minimum absolute atomic E-state index is 0.278. The maximum atomic E-state index is 6.06. The van der Waals surface area contributed by atoms with Crippen LogP contribution < -0.4 is 5.73 Å². The molecule has 0 aliphatic heterocycles. The first-order valence-corrected chi connectivity index (χ1v) is 6.46. The molecule has 0 heterocycles. The van der Waals surface area contributed by atoms with Crippen molar-refractivity contribution in [3.8, 4) is 0 Å². The second-order valence-electron chi connectivity index (χ2n) is 5.53. The molecule has 0 bridgehead atoms. The van der Waals surface area contributed by atoms with E-state index in [1.807, 2.05) is 0 Å². The predicted molar refractivity (Wildman–Crippen MR) is 64.8 cm³/mol. The molecule has 0 saturated heterocycles. The van der Waals surface area contributed by atoms with E-state index in [0.29, 0.717) is 6.10 Å². The SMILES string of the molecule is CC(C)CCCOC1CC(C)CCC1N. The van der Waals surface area contributed by atoms with Crippen molar-refractivity contribution >= 4 is 0 Å². The Morgan fingerprint density at radius 3 is 2.73 bits per heavy atom. The first-order valence-electron chi connectivity index (χ1n) is 6.46. The molecule has 2 nitrogen and oxygen atoms in total. The van der Waals surface area contributed by atoms with Gasteiger partial charge in [0, 0.05) is 12.6 Å². The summed E-state index contributed by atoms with van der Waals surface area (Å²) in [5, 5.41) is 0. The average Bonchev–Trinajstić information content (AvgIpc) is 2.17. The minimum Gasteiger partial charge on any atom is -0.377 e. The van der Waals surface area contributed by atoms with Crippen LogP contribution >= 0.6 is 0 Å². The van der Waals surface area contributed by atoms with E-state index < -0.39 is 0 Å². The molecule has 1 rings (SSSR count). The van der Waals surface area contributed by atoms with E-state index in [4.69, 9.17) is 10.5 Å². The Hall–Kier alpha value is -0.0800. The molecule has 0 radical (unpaired) electrons. The van der Waals surface area contributed by atoms with Crippen LogP contribution in [0.5, 0.6) is 0 Å². The molecule has 1 aliphatic rings. The number of rotatable bonds is 5. The predicted octanol–water partition coefficient (Wildman–Crippen LogP) is 2.96. The van der Waals surface area contributed by atoms with Gasteiger partial charge in [-0.05, 0) is 43.9 Å². The van der Waals surface area contributed by atoms with E-state index in [-0.39, 0.29) is 6.04 Å². The first-order chi connectivity index (χ1) is 7.09. The Morgan fingerprint density at radius 1 is 1.33 bits per heavy atom. The summed E-state index contributed by atoms with van der Waals surface area (Å²) in [6.45, 7) is 7.71. The fourth-order valence-corrected chi connectivity index (χ4v) is 2.27. The van der Waals surface area contributed by atoms with Gasteiger partial charge in [-0.25, -0.2) is 0 Å². The molecular weight excluding hydrogens is 186 g/mol. The van der Waals surface area contributed by atoms with Crippen LogP contribution in [0.3, 0.4) is 0 Å². The summed E-state index contributed by atoms with van der Waals surface area (Å²) in [4.78, 5) is 0. The fourth-order valence-electron chi connectivity index (χ4n) is 2.27. The zero-order valence-electron chi connectivity index (χ0n) is 10.5. The molecule has 1 saturated carbocycles. The van der Waals surface area contributed by atoms with Gasteiger partial charge in [-0.3, -0.25) is 0 Å². The molecule has 0 aromatic carbocycles. The first kappa shape index (κ1) is 13.0. The standard InChI is InChI=1S/C13H27NO/c1-10(2)5-4-8-15-13-9-11(3)6-7-12(13)14/h10-13H,4-9,14H2,1-3H3. The van der Waals surface area contributed by atoms with Crippen LogP contribution in [0.15, 0.2) is 0 Å². The molecule has 0 aromatic rings. The third-order valence-corrected chi connectivity index (χ3v) is 3.36. The van der Waals surface area contributed by atoms with Gasteiger partial charge in [0.15, 0.2) is 0 Å². The molecule has 15 heavy (non-hydrogen) atoms. The summed E-state index contributed by atoms with van der Waals surface area (Å²) in [6, 6.07) is 0.278. The monoisotopic (exact) mass is 213 g/mol. The molecule has 0 spiro atoms. The molecule has 3 unspecified atom stereocenters. The zero-order chi connectivity index (χ0) is 11.3. The average molecular weight is 213 g/mol. The van der Waals surface area contributed by atoms with Crippen molar-refractivity contribution in [2.75, 3.05) is 6.61 Å². The lowest BCUT2D eigenvalue weighted by Gasteiger charge is -2.32. The van der Waals surface area contributed by atoms with E-state index in [1.54, 1.807) is 0 Å². The van der Waals surface area contributed by atoms with Crippen molar-refractivity contribution < 1.29 is 4.74 Å². The largest absolute Gasteiger partial charge is 0.377 e. The number of ether oxygens (including phenoxy) is 1. The highest BCUT2D eigenvalue weighted by atomic mass is 16.5. The van der Waals surface area contributed by atoms with E-state index in [1.165, 1.54) is 19.3 Å². The van der Waals surface area contributed by atoms with Crippen molar-refractivity contribution in [1.29, 1.82) is 0 Å². The van der Waals surface area contributed by atoms with E-state index in [9.17, 15) is 0 Å². The highest BCUT2D eigenvalue weighted by molar-refractivity contribution is 4.81. The third kappa shape index (κ3) is 4.98. The topological polar surface area (TPSA) is 35.2 Å². The summed E-state index contributed by atoms with van der Waals surface area (Å²) in [5.41, 5.74) is 6.06. The van der Waals surface area contributed by atoms with Crippen molar-refractivity contribution in [3.63, 3.8) is 0 Å². The second kappa shape index (κ2) is 6.49. The normalized spacial score (nSPS) is 32.2. The lowest BCUT2D eigenvalue weighted by Crippen LogP contribution is -2.41. The molecule has 90 valence electrons. The van der Waals surface area contributed by atoms with Gasteiger partial charge in [-0.15, -0.1) is 0 Å². The Labute approximate surface area is 94.6 Å². The quantitative estimate of drug-likeness (QED) is 0.713. The summed E-state index contributed by atoms with van der Waals surface area (Å²) in [5.74, 6) is 1.58. The summed E-state index contributed by atoms with van der Waals surface area (Å²) >= 11 is 0. The molecule has 0 aromatic heterocycles. The molecule has 2 heteroatoms. The maximum Gasteiger partial charge on any atom is 0.0728 e. The zero-order valence-corrected chi connectivity index (χ0v) is 10.5. The minimum atomic E-state index is 0.278. The van der Waals surface area contributed by atoms with Crippen molar-refractivity contribution in [2.45, 2.75) is 65.0 Å². The Bertz CT molecular complexity index is 170. The smallest absolute Gasteiger partial charge is 0.0728 e. The molecule has 1 aliphatic carbocycles. The third-order valence-electron chi connectivity index (χ3n) is 3.36. The summed E-state index contributed by atoms with van der Waals surface area (Å²) in [7, 11) is 0. The van der Waals surface area contributed by atoms with Gasteiger partial charge in [0.1, 0.15) is 0 Å². The number of hydrogen-bond acceptors (Lipinski definition) is 2. The van der Waals surface area contributed by atoms with Crippen molar-refractivity contribution in [3.05, 3.63) is 0 Å². The van der Waals surface area contributed by atoms with Gasteiger partial charge >= 0.3 is 0 Å². The van der Waals surface area contributed by atoms with Gasteiger partial charge < -0.3 is 10.5 Å². The van der Waals surface area contributed by atoms with Crippen LogP contribution in [-0.2, 0) is 4.74 Å². The van der Waals surface area contributed by atoms with Gasteiger partial charge in [-0.2, -0.15) is 0 Å². The lowest BCUT2D eigenvalue weighted by atomic mass is 9.85. The lowest BCUT2D eigenvalue weighted by molar-refractivity contribution is -0.000136. The van der Waals surface area contributed by atoms with Gasteiger partial charge in [0.05, 0.1) is 6.10 Å². The van der Waals surface area contributed by atoms with Gasteiger partial charge in [0.2, 0.25) is 0 Å². The Kier molecular flexibility index (Phi) is 5.62. The van der Waals surface area contributed by atoms with E-state index in [2.05, 4.69) is 20.8 Å². The van der Waals surface area contributed by atoms with Crippen LogP contribution in [-0.4, -0.2) is 18.8 Å². The van der Waals surface area contributed by atoms with Crippen molar-refractivity contribution in [1.82, 2.24) is 0 Å². The fraction of sp³-hybridized carbons (Fsp3) is 1.00. The van der Waals surface area contributed by atoms with Gasteiger partial charge in [-0.1, -0.05) is 20.8 Å². The molecule has 2 N–H and O–H groups in total. The number of hydrogen-bond donors (Lipinski definition) is 1. The molecule has 3 atom stereocenters. The van der Waals surface area contributed by atoms with E-state index >= 15 is 0 Å². The van der Waals surface area contributed by atoms with Crippen molar-refractivity contribution in [2.24, 2.45) is 17.6 Å². The van der Waals surface area contributed by atoms with Crippen LogP contribution in [0.2, 0.25) is 0 Å². The Balaban J connectivity index is 2.13. The second-order valence-corrected chi connectivity index (χ2v) is 5.53.